The molecule has 0 aromatic carbocycles. The molecule has 2 aliphatic rings. The van der Waals surface area contributed by atoms with Gasteiger partial charge in [0.25, 0.3) is 5.91 Å². The molecule has 5 heteroatoms. The minimum absolute atomic E-state index is 0. The van der Waals surface area contributed by atoms with Gasteiger partial charge in [-0.15, -0.1) is 12.4 Å². The highest BCUT2D eigenvalue weighted by molar-refractivity contribution is 5.85. The van der Waals surface area contributed by atoms with Crippen molar-refractivity contribution in [2.24, 2.45) is 23.5 Å². The third-order valence-electron chi connectivity index (χ3n) is 4.60. The van der Waals surface area contributed by atoms with Gasteiger partial charge in [-0.3, -0.25) is 4.79 Å². The van der Waals surface area contributed by atoms with Crippen LogP contribution in [0.15, 0.2) is 0 Å². The van der Waals surface area contributed by atoms with Crippen LogP contribution in [0.4, 0.5) is 0 Å². The Balaban J connectivity index is 0.00000162. The van der Waals surface area contributed by atoms with Gasteiger partial charge in [0.15, 0.2) is 0 Å². The molecule has 2 aliphatic carbocycles. The summed E-state index contributed by atoms with van der Waals surface area (Å²) in [6.07, 6.45) is 4.89. The number of hydrogen-bond donors (Lipinski definition) is 2. The fourth-order valence-corrected chi connectivity index (χ4v) is 3.64. The summed E-state index contributed by atoms with van der Waals surface area (Å²) < 4.78 is 5.05. The zero-order valence-electron chi connectivity index (χ0n) is 11.2. The predicted molar refractivity (Wildman–Crippen MR) is 73.6 cm³/mol. The number of hydrogen-bond acceptors (Lipinski definition) is 3. The van der Waals surface area contributed by atoms with Crippen LogP contribution >= 0.6 is 12.4 Å². The second kappa shape index (κ2) is 6.73. The lowest BCUT2D eigenvalue weighted by Gasteiger charge is -2.29. The summed E-state index contributed by atoms with van der Waals surface area (Å²) in [5.41, 5.74) is 5.49. The zero-order valence-corrected chi connectivity index (χ0v) is 12.0. The van der Waals surface area contributed by atoms with Crippen LogP contribution in [-0.2, 0) is 9.53 Å². The highest BCUT2D eigenvalue weighted by Crippen LogP contribution is 2.49. The molecular formula is C13H25ClN2O2. The van der Waals surface area contributed by atoms with Crippen molar-refractivity contribution in [2.45, 2.75) is 44.8 Å². The number of halogens is 1. The van der Waals surface area contributed by atoms with Crippen LogP contribution in [0.25, 0.3) is 0 Å². The second-order valence-electron chi connectivity index (χ2n) is 5.60. The van der Waals surface area contributed by atoms with E-state index >= 15 is 0 Å². The fourth-order valence-electron chi connectivity index (χ4n) is 3.64. The Morgan fingerprint density at radius 2 is 2.17 bits per heavy atom. The number of ether oxygens (including phenoxy) is 1. The first kappa shape index (κ1) is 15.7. The molecule has 3 N–H and O–H groups in total. The molecule has 0 spiro atoms. The molecule has 2 saturated carbocycles. The Hall–Kier alpha value is -0.320. The van der Waals surface area contributed by atoms with E-state index in [1.165, 1.54) is 32.8 Å². The van der Waals surface area contributed by atoms with E-state index in [1.807, 2.05) is 0 Å². The number of carbonyl (C=O) groups excluding carboxylic acids is 1. The number of methoxy groups -OCH3 is 1. The maximum absolute atomic E-state index is 11.9. The molecule has 0 aliphatic heterocycles. The zero-order chi connectivity index (χ0) is 12.4. The lowest BCUT2D eigenvalue weighted by atomic mass is 9.84. The number of nitrogens with two attached hydrogens (primary N) is 1. The monoisotopic (exact) mass is 276 g/mol. The standard InChI is InChI=1S/C13H24N2O2.ClH/c1-8(15-13(16)12(7-14)17-2)11-6-9-3-4-10(11)5-9;/h8-12H,3-7,14H2,1-2H3,(H,15,16);1H. The molecule has 2 bridgehead atoms. The van der Waals surface area contributed by atoms with Gasteiger partial charge in [-0.2, -0.15) is 0 Å². The van der Waals surface area contributed by atoms with Crippen molar-refractivity contribution in [2.75, 3.05) is 13.7 Å². The molecule has 1 amide bonds. The molecule has 5 unspecified atom stereocenters. The quantitative estimate of drug-likeness (QED) is 0.796. The van der Waals surface area contributed by atoms with Crippen LogP contribution in [-0.4, -0.2) is 31.7 Å². The van der Waals surface area contributed by atoms with Gasteiger partial charge < -0.3 is 15.8 Å². The van der Waals surface area contributed by atoms with Crippen molar-refractivity contribution in [3.8, 4) is 0 Å². The van der Waals surface area contributed by atoms with Crippen LogP contribution in [0.1, 0.15) is 32.6 Å². The number of fused-ring (bicyclic) bond motifs is 2. The Bertz CT molecular complexity index is 284. The third-order valence-corrected chi connectivity index (χ3v) is 4.60. The summed E-state index contributed by atoms with van der Waals surface area (Å²) in [5.74, 6) is 2.34. The van der Waals surface area contributed by atoms with Crippen LogP contribution in [0.5, 0.6) is 0 Å². The van der Waals surface area contributed by atoms with Crippen molar-refractivity contribution in [3.05, 3.63) is 0 Å². The van der Waals surface area contributed by atoms with Crippen LogP contribution < -0.4 is 11.1 Å². The van der Waals surface area contributed by atoms with Gasteiger partial charge in [0.1, 0.15) is 6.10 Å². The predicted octanol–water partition coefficient (Wildman–Crippen LogP) is 1.32. The molecule has 2 rings (SSSR count). The molecule has 5 atom stereocenters. The summed E-state index contributed by atoms with van der Waals surface area (Å²) in [4.78, 5) is 11.9. The third kappa shape index (κ3) is 3.16. The van der Waals surface area contributed by atoms with Gasteiger partial charge >= 0.3 is 0 Å². The summed E-state index contributed by atoms with van der Waals surface area (Å²) >= 11 is 0. The largest absolute Gasteiger partial charge is 0.370 e. The SMILES string of the molecule is COC(CN)C(=O)NC(C)C1CC2CCC1C2.Cl. The number of rotatable bonds is 5. The number of carbonyl (C=O) groups is 1. The molecule has 0 saturated heterocycles. The summed E-state index contributed by atoms with van der Waals surface area (Å²) in [5, 5.41) is 3.06. The lowest BCUT2D eigenvalue weighted by molar-refractivity contribution is -0.131. The van der Waals surface area contributed by atoms with E-state index in [4.69, 9.17) is 10.5 Å². The average Bonchev–Trinajstić information content (AvgIpc) is 2.92. The van der Waals surface area contributed by atoms with Gasteiger partial charge in [-0.05, 0) is 43.9 Å². The number of amides is 1. The van der Waals surface area contributed by atoms with Gasteiger partial charge in [0, 0.05) is 19.7 Å². The Kier molecular flexibility index (Phi) is 5.89. The maximum atomic E-state index is 11.9. The Morgan fingerprint density at radius 3 is 2.61 bits per heavy atom. The molecule has 18 heavy (non-hydrogen) atoms. The van der Waals surface area contributed by atoms with Crippen molar-refractivity contribution in [1.82, 2.24) is 5.32 Å². The number of nitrogens with one attached hydrogen (secondary N) is 1. The first-order valence-corrected chi connectivity index (χ1v) is 6.69. The van der Waals surface area contributed by atoms with Crippen molar-refractivity contribution in [1.29, 1.82) is 0 Å². The van der Waals surface area contributed by atoms with Crippen LogP contribution in [0.3, 0.4) is 0 Å². The average molecular weight is 277 g/mol. The van der Waals surface area contributed by atoms with E-state index < -0.39 is 6.10 Å². The minimum Gasteiger partial charge on any atom is -0.370 e. The normalized spacial score (nSPS) is 32.7. The van der Waals surface area contributed by atoms with Gasteiger partial charge in [-0.1, -0.05) is 6.42 Å². The lowest BCUT2D eigenvalue weighted by Crippen LogP contribution is -2.47. The first-order valence-electron chi connectivity index (χ1n) is 6.69. The smallest absolute Gasteiger partial charge is 0.250 e. The molecule has 0 heterocycles. The van der Waals surface area contributed by atoms with Gasteiger partial charge in [0.05, 0.1) is 0 Å². The first-order chi connectivity index (χ1) is 8.15. The van der Waals surface area contributed by atoms with Gasteiger partial charge in [-0.25, -0.2) is 0 Å². The van der Waals surface area contributed by atoms with E-state index in [9.17, 15) is 4.79 Å². The summed E-state index contributed by atoms with van der Waals surface area (Å²) in [6.45, 7) is 2.36. The molecule has 4 nitrogen and oxygen atoms in total. The maximum Gasteiger partial charge on any atom is 0.250 e. The molecule has 0 radical (unpaired) electrons. The van der Waals surface area contributed by atoms with Crippen LogP contribution in [0.2, 0.25) is 0 Å². The summed E-state index contributed by atoms with van der Waals surface area (Å²) in [7, 11) is 1.53. The minimum atomic E-state index is -0.504. The van der Waals surface area contributed by atoms with Crippen molar-refractivity contribution >= 4 is 18.3 Å². The molecular weight excluding hydrogens is 252 g/mol. The Labute approximate surface area is 115 Å². The highest BCUT2D eigenvalue weighted by atomic mass is 35.5. The highest BCUT2D eigenvalue weighted by Gasteiger charge is 2.42. The van der Waals surface area contributed by atoms with E-state index in [2.05, 4.69) is 12.2 Å². The van der Waals surface area contributed by atoms with Crippen molar-refractivity contribution in [3.63, 3.8) is 0 Å². The molecule has 2 fully saturated rings. The van der Waals surface area contributed by atoms with Crippen molar-refractivity contribution < 1.29 is 9.53 Å². The van der Waals surface area contributed by atoms with E-state index in [0.717, 1.165) is 11.8 Å². The second-order valence-corrected chi connectivity index (χ2v) is 5.60. The topological polar surface area (TPSA) is 64.3 Å². The van der Waals surface area contributed by atoms with E-state index in [0.29, 0.717) is 5.92 Å². The molecule has 0 aromatic heterocycles. The van der Waals surface area contributed by atoms with Crippen LogP contribution in [0, 0.1) is 17.8 Å². The molecule has 0 aromatic rings. The van der Waals surface area contributed by atoms with E-state index in [-0.39, 0.29) is 30.9 Å². The van der Waals surface area contributed by atoms with Gasteiger partial charge in [0.2, 0.25) is 0 Å². The summed E-state index contributed by atoms with van der Waals surface area (Å²) in [6, 6.07) is 0.252. The fraction of sp³-hybridized carbons (Fsp3) is 0.923. The molecule has 106 valence electrons. The Morgan fingerprint density at radius 1 is 1.44 bits per heavy atom. The van der Waals surface area contributed by atoms with E-state index in [1.54, 1.807) is 0 Å².